The van der Waals surface area contributed by atoms with E-state index in [2.05, 4.69) is 17.0 Å². The molecule has 0 spiro atoms. The van der Waals surface area contributed by atoms with E-state index in [1.165, 1.54) is 0 Å². The maximum atomic E-state index is 13.5. The van der Waals surface area contributed by atoms with Crippen LogP contribution in [0, 0.1) is 0 Å². The summed E-state index contributed by atoms with van der Waals surface area (Å²) < 4.78 is 1.88. The van der Waals surface area contributed by atoms with Gasteiger partial charge in [0.05, 0.1) is 17.1 Å². The van der Waals surface area contributed by atoms with E-state index in [1.54, 1.807) is 6.92 Å². The third-order valence-electron chi connectivity index (χ3n) is 6.27. The lowest BCUT2D eigenvalue weighted by atomic mass is 10.0. The molecule has 1 amide bonds. The summed E-state index contributed by atoms with van der Waals surface area (Å²) in [6, 6.07) is 27.5. The second-order valence-electron chi connectivity index (χ2n) is 8.39. The summed E-state index contributed by atoms with van der Waals surface area (Å²) in [4.78, 5) is 20.4. The van der Waals surface area contributed by atoms with Gasteiger partial charge in [0.25, 0.3) is 5.91 Å². The van der Waals surface area contributed by atoms with Gasteiger partial charge in [0.1, 0.15) is 11.5 Å². The van der Waals surface area contributed by atoms with E-state index in [1.807, 2.05) is 101 Å². The summed E-state index contributed by atoms with van der Waals surface area (Å²) in [5.74, 6) is 5.98. The van der Waals surface area contributed by atoms with Gasteiger partial charge < -0.3 is 15.7 Å². The van der Waals surface area contributed by atoms with Gasteiger partial charge in [-0.25, -0.2) is 0 Å². The summed E-state index contributed by atoms with van der Waals surface area (Å²) in [7, 11) is 1.88. The second-order valence-corrected chi connectivity index (χ2v) is 8.39. The standard InChI is InChI=1S/C28H26N6O/c1-18-27(31-28(35)25-17-21-13-7-9-15-23(21)33(25)3)30-26(20-11-5-4-6-12-20)22-14-8-10-16-24(22)34(18)19(2)32-29/h4-17,27H,1,29H2,2-3H3,(H,31,35)/b32-19-. The number of aryl methyl sites for hydroxylation is 1. The van der Waals surface area contributed by atoms with Crippen molar-refractivity contribution in [2.24, 2.45) is 23.0 Å². The summed E-state index contributed by atoms with van der Waals surface area (Å²) in [5, 5.41) is 8.01. The number of nitrogens with one attached hydrogen (secondary N) is 1. The molecule has 1 atom stereocenters. The van der Waals surface area contributed by atoms with Crippen molar-refractivity contribution in [1.29, 1.82) is 0 Å². The Morgan fingerprint density at radius 1 is 1.03 bits per heavy atom. The molecule has 7 nitrogen and oxygen atoms in total. The van der Waals surface area contributed by atoms with Crippen molar-refractivity contribution in [3.63, 3.8) is 0 Å². The highest BCUT2D eigenvalue weighted by Crippen LogP contribution is 2.32. The molecule has 7 heteroatoms. The summed E-state index contributed by atoms with van der Waals surface area (Å²) in [6.45, 7) is 6.11. The smallest absolute Gasteiger partial charge is 0.269 e. The van der Waals surface area contributed by atoms with E-state index < -0.39 is 6.17 Å². The van der Waals surface area contributed by atoms with Crippen LogP contribution < -0.4 is 16.1 Å². The number of aliphatic imine (C=N–C) groups is 1. The number of rotatable bonds is 3. The van der Waals surface area contributed by atoms with Gasteiger partial charge in [0.15, 0.2) is 6.17 Å². The molecule has 0 fully saturated rings. The lowest BCUT2D eigenvalue weighted by Crippen LogP contribution is -2.42. The fourth-order valence-corrected chi connectivity index (χ4v) is 4.51. The molecule has 3 N–H and O–H groups in total. The third-order valence-corrected chi connectivity index (χ3v) is 6.27. The Kier molecular flexibility index (Phi) is 5.66. The molecule has 1 unspecified atom stereocenters. The second kappa shape index (κ2) is 8.95. The Morgan fingerprint density at radius 2 is 1.71 bits per heavy atom. The van der Waals surface area contributed by atoms with Gasteiger partial charge in [-0.1, -0.05) is 73.3 Å². The van der Waals surface area contributed by atoms with Crippen LogP contribution in [0.25, 0.3) is 10.9 Å². The van der Waals surface area contributed by atoms with Crippen LogP contribution in [0.5, 0.6) is 0 Å². The monoisotopic (exact) mass is 462 g/mol. The van der Waals surface area contributed by atoms with Gasteiger partial charge >= 0.3 is 0 Å². The first-order chi connectivity index (χ1) is 17.0. The van der Waals surface area contributed by atoms with Gasteiger partial charge in [-0.2, -0.15) is 5.10 Å². The molecule has 174 valence electrons. The predicted octanol–water partition coefficient (Wildman–Crippen LogP) is 4.40. The quantitative estimate of drug-likeness (QED) is 0.205. The number of amidine groups is 1. The number of anilines is 1. The fraction of sp³-hybridized carbons (Fsp3) is 0.107. The van der Waals surface area contributed by atoms with Gasteiger partial charge in [0.2, 0.25) is 0 Å². The first-order valence-electron chi connectivity index (χ1n) is 11.3. The van der Waals surface area contributed by atoms with Crippen molar-refractivity contribution in [2.75, 3.05) is 4.90 Å². The minimum atomic E-state index is -0.750. The van der Waals surface area contributed by atoms with E-state index in [-0.39, 0.29) is 5.91 Å². The van der Waals surface area contributed by atoms with Gasteiger partial charge in [-0.3, -0.25) is 14.7 Å². The zero-order chi connectivity index (χ0) is 24.5. The first-order valence-corrected chi connectivity index (χ1v) is 11.3. The lowest BCUT2D eigenvalue weighted by Gasteiger charge is -2.28. The van der Waals surface area contributed by atoms with Crippen LogP contribution in [0.15, 0.2) is 107 Å². The van der Waals surface area contributed by atoms with Crippen LogP contribution in [0.1, 0.15) is 28.5 Å². The van der Waals surface area contributed by atoms with Crippen molar-refractivity contribution in [3.8, 4) is 0 Å². The molecule has 3 aromatic carbocycles. The molecule has 0 bridgehead atoms. The Balaban J connectivity index is 1.63. The van der Waals surface area contributed by atoms with Gasteiger partial charge in [0, 0.05) is 29.1 Å². The molecule has 1 aliphatic heterocycles. The Bertz CT molecular complexity index is 1500. The van der Waals surface area contributed by atoms with Gasteiger partial charge in [-0.15, -0.1) is 0 Å². The maximum Gasteiger partial charge on any atom is 0.269 e. The minimum Gasteiger partial charge on any atom is -0.340 e. The number of nitrogens with two attached hydrogens (primary N) is 1. The van der Waals surface area contributed by atoms with Crippen LogP contribution in [0.2, 0.25) is 0 Å². The van der Waals surface area contributed by atoms with E-state index in [9.17, 15) is 4.79 Å². The molecule has 1 aromatic heterocycles. The maximum absolute atomic E-state index is 13.5. The van der Waals surface area contributed by atoms with Crippen molar-refractivity contribution in [2.45, 2.75) is 13.1 Å². The molecule has 0 radical (unpaired) electrons. The number of benzene rings is 3. The molecule has 0 saturated carbocycles. The molecule has 0 saturated heterocycles. The van der Waals surface area contributed by atoms with Crippen molar-refractivity contribution < 1.29 is 4.79 Å². The van der Waals surface area contributed by atoms with Crippen LogP contribution in [-0.2, 0) is 7.05 Å². The number of fused-ring (bicyclic) bond motifs is 2. The molecule has 4 aromatic rings. The van der Waals surface area contributed by atoms with Gasteiger partial charge in [-0.05, 0) is 25.1 Å². The highest BCUT2D eigenvalue weighted by Gasteiger charge is 2.31. The van der Waals surface area contributed by atoms with Crippen LogP contribution in [-0.4, -0.2) is 28.2 Å². The van der Waals surface area contributed by atoms with E-state index in [4.69, 9.17) is 10.8 Å². The molecular weight excluding hydrogens is 436 g/mol. The number of carbonyl (C=O) groups excluding carboxylic acids is 1. The Labute approximate surface area is 203 Å². The van der Waals surface area contributed by atoms with Crippen LogP contribution >= 0.6 is 0 Å². The van der Waals surface area contributed by atoms with E-state index in [0.29, 0.717) is 17.2 Å². The average molecular weight is 463 g/mol. The number of carbonyl (C=O) groups is 1. The number of para-hydroxylation sites is 2. The molecule has 35 heavy (non-hydrogen) atoms. The number of benzodiazepines with no additional fused rings is 1. The average Bonchev–Trinajstić information content (AvgIpc) is 3.17. The molecule has 5 rings (SSSR count). The predicted molar refractivity (Wildman–Crippen MR) is 142 cm³/mol. The van der Waals surface area contributed by atoms with Crippen LogP contribution in [0.3, 0.4) is 0 Å². The number of amides is 1. The normalized spacial score (nSPS) is 16.0. The Morgan fingerprint density at radius 3 is 2.46 bits per heavy atom. The zero-order valence-corrected chi connectivity index (χ0v) is 19.6. The number of nitrogens with zero attached hydrogens (tertiary/aromatic N) is 4. The lowest BCUT2D eigenvalue weighted by molar-refractivity contribution is 0.0936. The third kappa shape index (κ3) is 3.87. The Hall–Kier alpha value is -4.65. The van der Waals surface area contributed by atoms with Crippen LogP contribution in [0.4, 0.5) is 5.69 Å². The fourth-order valence-electron chi connectivity index (χ4n) is 4.51. The molecular formula is C28H26N6O. The van der Waals surface area contributed by atoms with Crippen molar-refractivity contribution in [3.05, 3.63) is 114 Å². The van der Waals surface area contributed by atoms with Crippen molar-refractivity contribution >= 4 is 34.0 Å². The molecule has 2 heterocycles. The van der Waals surface area contributed by atoms with Crippen molar-refractivity contribution in [1.82, 2.24) is 9.88 Å². The topological polar surface area (TPSA) is 88.0 Å². The summed E-state index contributed by atoms with van der Waals surface area (Å²) in [5.41, 5.74) is 5.47. The first kappa shape index (κ1) is 22.2. The molecule has 1 aliphatic rings. The molecule has 0 aliphatic carbocycles. The number of aromatic nitrogens is 1. The zero-order valence-electron chi connectivity index (χ0n) is 19.6. The van der Waals surface area contributed by atoms with E-state index >= 15 is 0 Å². The number of hydrazone groups is 1. The highest BCUT2D eigenvalue weighted by atomic mass is 16.2. The minimum absolute atomic E-state index is 0.251. The number of hydrogen-bond donors (Lipinski definition) is 2. The largest absolute Gasteiger partial charge is 0.340 e. The van der Waals surface area contributed by atoms with E-state index in [0.717, 1.165) is 33.4 Å². The highest BCUT2D eigenvalue weighted by molar-refractivity contribution is 6.19. The summed E-state index contributed by atoms with van der Waals surface area (Å²) >= 11 is 0. The number of hydrogen-bond acceptors (Lipinski definition) is 4. The SMILES string of the molecule is C=C1C(NC(=O)c2cc3ccccc3n2C)N=C(c2ccccc2)c2ccccc2N1/C(C)=N\N. The summed E-state index contributed by atoms with van der Waals surface area (Å²) in [6.07, 6.45) is -0.750.